The first kappa shape index (κ1) is 26.5. The standard InChI is InChI=1S/C21H19BrClN3O5S4/c22-14-1-6-18(25-34(28,29)20-8-7-19(23)33-20)17(13-14)21(27)24-15-2-4-16(5-3-15)35(30,31)26-9-11-32-12-10-26/h1-8,13,25H,9-12H2,(H,24,27). The van der Waals surface area contributed by atoms with E-state index in [4.69, 9.17) is 11.6 Å². The van der Waals surface area contributed by atoms with Crippen molar-refractivity contribution in [1.82, 2.24) is 4.31 Å². The fourth-order valence-electron chi connectivity index (χ4n) is 3.28. The van der Waals surface area contributed by atoms with Crippen LogP contribution in [0, 0.1) is 0 Å². The van der Waals surface area contributed by atoms with Crippen LogP contribution in [0.15, 0.2) is 68.2 Å². The molecule has 2 aromatic carbocycles. The van der Waals surface area contributed by atoms with E-state index in [1.54, 1.807) is 17.8 Å². The lowest BCUT2D eigenvalue weighted by Crippen LogP contribution is -2.37. The highest BCUT2D eigenvalue weighted by molar-refractivity contribution is 9.10. The van der Waals surface area contributed by atoms with E-state index in [-0.39, 0.29) is 20.4 Å². The van der Waals surface area contributed by atoms with Crippen molar-refractivity contribution in [2.45, 2.75) is 9.10 Å². The van der Waals surface area contributed by atoms with Crippen molar-refractivity contribution in [3.05, 3.63) is 69.0 Å². The Balaban J connectivity index is 1.53. The zero-order chi connectivity index (χ0) is 25.2. The molecule has 35 heavy (non-hydrogen) atoms. The van der Waals surface area contributed by atoms with Gasteiger partial charge in [0.05, 0.1) is 20.5 Å². The molecule has 0 unspecified atom stereocenters. The second-order valence-electron chi connectivity index (χ2n) is 7.35. The van der Waals surface area contributed by atoms with Crippen LogP contribution in [0.3, 0.4) is 0 Å². The average molecular weight is 637 g/mol. The minimum atomic E-state index is -3.95. The van der Waals surface area contributed by atoms with E-state index < -0.39 is 26.0 Å². The predicted molar refractivity (Wildman–Crippen MR) is 145 cm³/mol. The van der Waals surface area contributed by atoms with Gasteiger partial charge in [-0.3, -0.25) is 9.52 Å². The van der Waals surface area contributed by atoms with Crippen molar-refractivity contribution in [3.63, 3.8) is 0 Å². The van der Waals surface area contributed by atoms with E-state index >= 15 is 0 Å². The Morgan fingerprint density at radius 3 is 2.29 bits per heavy atom. The number of hydrogen-bond acceptors (Lipinski definition) is 7. The summed E-state index contributed by atoms with van der Waals surface area (Å²) in [6.07, 6.45) is 0. The molecule has 2 heterocycles. The Morgan fingerprint density at radius 2 is 1.66 bits per heavy atom. The van der Waals surface area contributed by atoms with Gasteiger partial charge < -0.3 is 5.32 Å². The molecule has 186 valence electrons. The lowest BCUT2D eigenvalue weighted by atomic mass is 10.1. The number of sulfonamides is 2. The van der Waals surface area contributed by atoms with Crippen LogP contribution in [0.5, 0.6) is 0 Å². The minimum absolute atomic E-state index is 0.0147. The number of thioether (sulfide) groups is 1. The molecule has 0 atom stereocenters. The zero-order valence-corrected chi connectivity index (χ0v) is 23.5. The summed E-state index contributed by atoms with van der Waals surface area (Å²) in [5.74, 6) is 0.939. The van der Waals surface area contributed by atoms with E-state index in [1.807, 2.05) is 0 Å². The topological polar surface area (TPSA) is 113 Å². The van der Waals surface area contributed by atoms with Gasteiger partial charge in [0, 0.05) is 34.8 Å². The zero-order valence-electron chi connectivity index (χ0n) is 17.9. The summed E-state index contributed by atoms with van der Waals surface area (Å²) >= 11 is 11.8. The monoisotopic (exact) mass is 635 g/mol. The van der Waals surface area contributed by atoms with Crippen LogP contribution in [-0.4, -0.2) is 51.6 Å². The van der Waals surface area contributed by atoms with Gasteiger partial charge >= 0.3 is 0 Å². The summed E-state index contributed by atoms with van der Waals surface area (Å²) in [6.45, 7) is 0.926. The molecule has 1 fully saturated rings. The van der Waals surface area contributed by atoms with Crippen LogP contribution < -0.4 is 10.0 Å². The van der Waals surface area contributed by atoms with Gasteiger partial charge in [-0.25, -0.2) is 16.8 Å². The van der Waals surface area contributed by atoms with Gasteiger partial charge in [0.15, 0.2) is 0 Å². The lowest BCUT2D eigenvalue weighted by Gasteiger charge is -2.25. The second kappa shape index (κ2) is 10.8. The van der Waals surface area contributed by atoms with Crippen molar-refractivity contribution in [1.29, 1.82) is 0 Å². The number of halogens is 2. The number of hydrogen-bond donors (Lipinski definition) is 2. The Morgan fingerprint density at radius 1 is 0.971 bits per heavy atom. The molecule has 0 radical (unpaired) electrons. The number of nitrogens with zero attached hydrogens (tertiary/aromatic N) is 1. The number of thiophene rings is 1. The van der Waals surface area contributed by atoms with Gasteiger partial charge in [0.1, 0.15) is 4.21 Å². The average Bonchev–Trinajstić information content (AvgIpc) is 3.28. The molecule has 1 aliphatic heterocycles. The Hall–Kier alpha value is -1.61. The molecular formula is C21H19BrClN3O5S4. The maximum absolute atomic E-state index is 13.0. The molecular weight excluding hydrogens is 618 g/mol. The summed E-state index contributed by atoms with van der Waals surface area (Å²) in [5, 5.41) is 2.69. The molecule has 3 aromatic rings. The minimum Gasteiger partial charge on any atom is -0.322 e. The van der Waals surface area contributed by atoms with Gasteiger partial charge in [-0.1, -0.05) is 27.5 Å². The lowest BCUT2D eigenvalue weighted by molar-refractivity contribution is 0.102. The molecule has 1 saturated heterocycles. The molecule has 1 aliphatic rings. The molecule has 0 aliphatic carbocycles. The van der Waals surface area contributed by atoms with Crippen LogP contribution in [0.2, 0.25) is 4.34 Å². The molecule has 14 heteroatoms. The highest BCUT2D eigenvalue weighted by Crippen LogP contribution is 2.30. The van der Waals surface area contributed by atoms with Crippen LogP contribution in [0.25, 0.3) is 0 Å². The number of amides is 1. The van der Waals surface area contributed by atoms with Crippen LogP contribution in [-0.2, 0) is 20.0 Å². The third-order valence-electron chi connectivity index (χ3n) is 5.00. The first-order valence-corrected chi connectivity index (χ1v) is 16.2. The van der Waals surface area contributed by atoms with E-state index in [1.165, 1.54) is 52.8 Å². The highest BCUT2D eigenvalue weighted by atomic mass is 79.9. The van der Waals surface area contributed by atoms with Crippen molar-refractivity contribution < 1.29 is 21.6 Å². The summed E-state index contributed by atoms with van der Waals surface area (Å²) in [7, 11) is -7.55. The van der Waals surface area contributed by atoms with Gasteiger partial charge in [0.25, 0.3) is 15.9 Å². The van der Waals surface area contributed by atoms with E-state index in [0.717, 1.165) is 22.8 Å². The molecule has 0 bridgehead atoms. The van der Waals surface area contributed by atoms with E-state index in [9.17, 15) is 21.6 Å². The van der Waals surface area contributed by atoms with Crippen LogP contribution in [0.4, 0.5) is 11.4 Å². The van der Waals surface area contributed by atoms with Crippen molar-refractivity contribution in [2.75, 3.05) is 34.6 Å². The van der Waals surface area contributed by atoms with E-state index in [2.05, 4.69) is 26.0 Å². The fourth-order valence-corrected chi connectivity index (χ4v) is 8.77. The van der Waals surface area contributed by atoms with Gasteiger partial charge in [0.2, 0.25) is 10.0 Å². The largest absolute Gasteiger partial charge is 0.322 e. The maximum Gasteiger partial charge on any atom is 0.271 e. The number of carbonyl (C=O) groups excluding carboxylic acids is 1. The first-order chi connectivity index (χ1) is 16.6. The highest BCUT2D eigenvalue weighted by Gasteiger charge is 2.26. The molecule has 1 aromatic heterocycles. The molecule has 2 N–H and O–H groups in total. The Labute approximate surface area is 225 Å². The second-order valence-corrected chi connectivity index (χ2v) is 15.1. The number of carbonyl (C=O) groups is 1. The van der Waals surface area contributed by atoms with Crippen molar-refractivity contribution in [3.8, 4) is 0 Å². The number of nitrogens with one attached hydrogen (secondary N) is 2. The molecule has 0 spiro atoms. The predicted octanol–water partition coefficient (Wildman–Crippen LogP) is 4.95. The van der Waals surface area contributed by atoms with Gasteiger partial charge in [-0.05, 0) is 54.6 Å². The third-order valence-corrected chi connectivity index (χ3v) is 11.4. The van der Waals surface area contributed by atoms with Gasteiger partial charge in [-0.2, -0.15) is 16.1 Å². The van der Waals surface area contributed by atoms with Crippen LogP contribution >= 0.6 is 50.6 Å². The summed E-state index contributed by atoms with van der Waals surface area (Å²) in [6, 6.07) is 13.3. The molecule has 0 saturated carbocycles. The molecule has 4 rings (SSSR count). The molecule has 1 amide bonds. The van der Waals surface area contributed by atoms with Crippen molar-refractivity contribution >= 4 is 88.0 Å². The van der Waals surface area contributed by atoms with E-state index in [0.29, 0.717) is 27.6 Å². The SMILES string of the molecule is O=C(Nc1ccc(S(=O)(=O)N2CCSCC2)cc1)c1cc(Br)ccc1NS(=O)(=O)c1ccc(Cl)s1. The Kier molecular flexibility index (Phi) is 8.15. The number of rotatable bonds is 7. The van der Waals surface area contributed by atoms with Gasteiger partial charge in [-0.15, -0.1) is 11.3 Å². The number of benzene rings is 2. The van der Waals surface area contributed by atoms with Crippen LogP contribution in [0.1, 0.15) is 10.4 Å². The summed E-state index contributed by atoms with van der Waals surface area (Å²) in [4.78, 5) is 13.2. The van der Waals surface area contributed by atoms with Crippen molar-refractivity contribution in [2.24, 2.45) is 0 Å². The first-order valence-electron chi connectivity index (χ1n) is 10.1. The summed E-state index contributed by atoms with van der Waals surface area (Å²) in [5.41, 5.74) is 0.521. The third kappa shape index (κ3) is 6.21. The Bertz CT molecular complexity index is 1450. The smallest absolute Gasteiger partial charge is 0.271 e. The quantitative estimate of drug-likeness (QED) is 0.379. The fraction of sp³-hybridized carbons (Fsp3) is 0.190. The number of anilines is 2. The molecule has 8 nitrogen and oxygen atoms in total. The maximum atomic E-state index is 13.0. The summed E-state index contributed by atoms with van der Waals surface area (Å²) < 4.78 is 55.9. The normalized spacial score (nSPS) is 15.0.